The molecule has 2 aliphatic heterocycles. The number of hydrogen-bond donors (Lipinski definition) is 2. The number of rotatable bonds is 13. The minimum atomic E-state index is -0.924. The van der Waals surface area contributed by atoms with Crippen molar-refractivity contribution >= 4 is 11.9 Å². The van der Waals surface area contributed by atoms with E-state index >= 15 is 0 Å². The molecule has 38 heavy (non-hydrogen) atoms. The van der Waals surface area contributed by atoms with Crippen LogP contribution in [0.15, 0.2) is 36.5 Å². The molecule has 4 rings (SSSR count). The van der Waals surface area contributed by atoms with Gasteiger partial charge in [-0.25, -0.2) is 5.06 Å². The van der Waals surface area contributed by atoms with Crippen molar-refractivity contribution in [2.75, 3.05) is 33.0 Å². The number of carbonyl (C=O) groups excluding carboxylic acids is 1. The highest BCUT2D eigenvalue weighted by molar-refractivity contribution is 5.78. The number of pyridine rings is 1. The van der Waals surface area contributed by atoms with Gasteiger partial charge in [0.1, 0.15) is 0 Å². The summed E-state index contributed by atoms with van der Waals surface area (Å²) < 4.78 is 11.1. The maximum absolute atomic E-state index is 13.3. The summed E-state index contributed by atoms with van der Waals surface area (Å²) >= 11 is 0. The lowest BCUT2D eigenvalue weighted by atomic mass is 9.83. The Labute approximate surface area is 223 Å². The average Bonchev–Trinajstić information content (AvgIpc) is 3.54. The fourth-order valence-electron chi connectivity index (χ4n) is 5.39. The average molecular weight is 528 g/mol. The van der Waals surface area contributed by atoms with Gasteiger partial charge < -0.3 is 19.7 Å². The number of hydroxylamine groups is 2. The van der Waals surface area contributed by atoms with Gasteiger partial charge in [-0.1, -0.05) is 19.9 Å². The zero-order valence-electron chi connectivity index (χ0n) is 22.0. The zero-order chi connectivity index (χ0) is 27.1. The van der Waals surface area contributed by atoms with Crippen LogP contribution in [0, 0.1) is 5.92 Å². The predicted octanol–water partition coefficient (Wildman–Crippen LogP) is 2.98. The second kappa shape index (κ2) is 13.0. The van der Waals surface area contributed by atoms with Crippen molar-refractivity contribution in [1.82, 2.24) is 14.9 Å². The Bertz CT molecular complexity index is 1100. The van der Waals surface area contributed by atoms with Crippen molar-refractivity contribution in [3.05, 3.63) is 53.3 Å². The molecule has 10 nitrogen and oxygen atoms in total. The Hall–Kier alpha value is -3.21. The van der Waals surface area contributed by atoms with E-state index in [1.54, 1.807) is 18.3 Å². The number of benzene rings is 1. The van der Waals surface area contributed by atoms with Crippen LogP contribution in [0.5, 0.6) is 11.5 Å². The number of fused-ring (bicyclic) bond motifs is 1. The van der Waals surface area contributed by atoms with Crippen molar-refractivity contribution < 1.29 is 34.1 Å². The number of aliphatic hydroxyl groups excluding tert-OH is 1. The molecule has 0 saturated carbocycles. The van der Waals surface area contributed by atoms with Gasteiger partial charge in [0.25, 0.3) is 5.91 Å². The van der Waals surface area contributed by atoms with E-state index in [0.717, 1.165) is 24.1 Å². The first-order chi connectivity index (χ1) is 18.5. The number of aromatic nitrogens is 1. The van der Waals surface area contributed by atoms with E-state index in [4.69, 9.17) is 14.3 Å². The quantitative estimate of drug-likeness (QED) is 0.379. The fourth-order valence-corrected chi connectivity index (χ4v) is 5.39. The third-order valence-corrected chi connectivity index (χ3v) is 7.12. The number of carboxylic acid groups (broad SMARTS) is 1. The molecule has 1 aromatic heterocycles. The van der Waals surface area contributed by atoms with Gasteiger partial charge in [0, 0.05) is 42.5 Å². The van der Waals surface area contributed by atoms with E-state index in [9.17, 15) is 19.8 Å². The van der Waals surface area contributed by atoms with Gasteiger partial charge >= 0.3 is 5.97 Å². The van der Waals surface area contributed by atoms with Crippen LogP contribution >= 0.6 is 0 Å². The molecular formula is C28H37N3O7. The first-order valence-corrected chi connectivity index (χ1v) is 13.3. The Morgan fingerprint density at radius 2 is 2.05 bits per heavy atom. The van der Waals surface area contributed by atoms with Gasteiger partial charge in [0.2, 0.25) is 6.79 Å². The molecule has 0 unspecified atom stereocenters. The monoisotopic (exact) mass is 527 g/mol. The number of likely N-dealkylation sites (tertiary alicyclic amines) is 1. The van der Waals surface area contributed by atoms with Crippen molar-refractivity contribution in [1.29, 1.82) is 0 Å². The standard InChI is InChI=1S/C28H37N3O7/c1-3-11-31(38-12-4-2)25(33)16-30-15-22(19-13-20(17-32)27-24(14-19)36-18-37-27)26(28(34)35)23(30)9-8-21-7-5-6-10-29-21/h5-7,10,13-14,22-23,26,32H,3-4,8-9,11-12,15-18H2,1-2H3,(H,34,35)/t22-,23+,26-/m1/s1. The molecule has 206 valence electrons. The number of aryl methyl sites for hydroxylation is 1. The molecule has 0 spiro atoms. The van der Waals surface area contributed by atoms with E-state index in [2.05, 4.69) is 4.98 Å². The van der Waals surface area contributed by atoms with Gasteiger partial charge in [-0.3, -0.25) is 24.3 Å². The predicted molar refractivity (Wildman–Crippen MR) is 139 cm³/mol. The number of hydrogen-bond acceptors (Lipinski definition) is 8. The van der Waals surface area contributed by atoms with Crippen molar-refractivity contribution in [2.24, 2.45) is 5.92 Å². The summed E-state index contributed by atoms with van der Waals surface area (Å²) in [7, 11) is 0. The molecule has 3 atom stereocenters. The molecule has 2 N–H and O–H groups in total. The second-order valence-corrected chi connectivity index (χ2v) is 9.73. The molecule has 0 aliphatic carbocycles. The number of nitrogens with zero attached hydrogens (tertiary/aromatic N) is 3. The Kier molecular flexibility index (Phi) is 9.54. The van der Waals surface area contributed by atoms with Crippen molar-refractivity contribution in [2.45, 2.75) is 58.1 Å². The van der Waals surface area contributed by atoms with E-state index in [-0.39, 0.29) is 25.9 Å². The SMILES string of the molecule is CCCON(CCC)C(=O)CN1C[C@H](c2cc(CO)c3c(c2)OCO3)[C@@H](C(=O)O)[C@@H]1CCc1ccccn1. The van der Waals surface area contributed by atoms with E-state index in [1.165, 1.54) is 5.06 Å². The molecule has 0 radical (unpaired) electrons. The highest BCUT2D eigenvalue weighted by Gasteiger charge is 2.47. The van der Waals surface area contributed by atoms with Crippen LogP contribution in [-0.2, 0) is 27.5 Å². The minimum absolute atomic E-state index is 0.0499. The number of aliphatic hydroxyl groups is 1. The maximum atomic E-state index is 13.3. The summed E-state index contributed by atoms with van der Waals surface area (Å²) in [4.78, 5) is 38.1. The lowest BCUT2D eigenvalue weighted by molar-refractivity contribution is -0.188. The van der Waals surface area contributed by atoms with Crippen molar-refractivity contribution in [3.63, 3.8) is 0 Å². The number of amides is 1. The number of aliphatic carboxylic acids is 1. The lowest BCUT2D eigenvalue weighted by Gasteiger charge is -2.29. The largest absolute Gasteiger partial charge is 0.481 e. The van der Waals surface area contributed by atoms with Gasteiger partial charge in [0.05, 0.1) is 25.7 Å². The van der Waals surface area contributed by atoms with Crippen LogP contribution in [0.3, 0.4) is 0 Å². The topological polar surface area (TPSA) is 122 Å². The van der Waals surface area contributed by atoms with Crippen LogP contribution in [0.2, 0.25) is 0 Å². The van der Waals surface area contributed by atoms with Crippen LogP contribution in [0.1, 0.15) is 55.8 Å². The molecule has 1 amide bonds. The molecule has 0 bridgehead atoms. The number of carboxylic acids is 1. The maximum Gasteiger partial charge on any atom is 0.308 e. The molecule has 3 heterocycles. The summed E-state index contributed by atoms with van der Waals surface area (Å²) in [5, 5.41) is 21.8. The molecule has 1 aromatic carbocycles. The molecule has 10 heteroatoms. The second-order valence-electron chi connectivity index (χ2n) is 9.73. The van der Waals surface area contributed by atoms with E-state index in [1.807, 2.05) is 36.9 Å². The van der Waals surface area contributed by atoms with Crippen LogP contribution in [-0.4, -0.2) is 76.1 Å². The van der Waals surface area contributed by atoms with Crippen LogP contribution in [0.25, 0.3) is 0 Å². The number of ether oxygens (including phenoxy) is 2. The van der Waals surface area contributed by atoms with Crippen molar-refractivity contribution in [3.8, 4) is 11.5 Å². The minimum Gasteiger partial charge on any atom is -0.481 e. The normalized spacial score (nSPS) is 20.6. The zero-order valence-corrected chi connectivity index (χ0v) is 22.0. The van der Waals surface area contributed by atoms with Gasteiger partial charge in [-0.05, 0) is 55.5 Å². The third-order valence-electron chi connectivity index (χ3n) is 7.12. The molecule has 1 fully saturated rings. The Morgan fingerprint density at radius 1 is 1.21 bits per heavy atom. The fraction of sp³-hybridized carbons (Fsp3) is 0.536. The summed E-state index contributed by atoms with van der Waals surface area (Å²) in [6.45, 7) is 5.09. The van der Waals surface area contributed by atoms with E-state index in [0.29, 0.717) is 49.6 Å². The highest BCUT2D eigenvalue weighted by Crippen LogP contribution is 2.44. The summed E-state index contributed by atoms with van der Waals surface area (Å²) in [5.41, 5.74) is 2.17. The lowest BCUT2D eigenvalue weighted by Crippen LogP contribution is -2.44. The smallest absolute Gasteiger partial charge is 0.308 e. The van der Waals surface area contributed by atoms with Crippen LogP contribution in [0.4, 0.5) is 0 Å². The first kappa shape index (κ1) is 27.8. The Morgan fingerprint density at radius 3 is 2.74 bits per heavy atom. The summed E-state index contributed by atoms with van der Waals surface area (Å²) in [6, 6.07) is 8.87. The first-order valence-electron chi connectivity index (χ1n) is 13.3. The van der Waals surface area contributed by atoms with Gasteiger partial charge in [-0.2, -0.15) is 0 Å². The molecule has 2 aliphatic rings. The molecular weight excluding hydrogens is 490 g/mol. The van der Waals surface area contributed by atoms with Crippen LogP contribution < -0.4 is 9.47 Å². The third kappa shape index (κ3) is 6.25. The Balaban J connectivity index is 1.64. The highest BCUT2D eigenvalue weighted by atomic mass is 16.7. The van der Waals surface area contributed by atoms with Gasteiger partial charge in [-0.15, -0.1) is 0 Å². The van der Waals surface area contributed by atoms with E-state index < -0.39 is 23.8 Å². The van der Waals surface area contributed by atoms with Gasteiger partial charge in [0.15, 0.2) is 11.5 Å². The number of carbonyl (C=O) groups is 2. The summed E-state index contributed by atoms with van der Waals surface area (Å²) in [6.07, 6.45) is 4.36. The summed E-state index contributed by atoms with van der Waals surface area (Å²) in [5.74, 6) is -1.30. The molecule has 2 aromatic rings. The molecule has 1 saturated heterocycles.